The zero-order valence-corrected chi connectivity index (χ0v) is 9.47. The molecule has 15 heavy (non-hydrogen) atoms. The average Bonchev–Trinajstić information content (AvgIpc) is 2.83. The maximum Gasteiger partial charge on any atom is 0.240 e. The molecular formula is C9H12N4OS. The van der Waals surface area contributed by atoms with Gasteiger partial charge in [-0.05, 0) is 13.5 Å². The van der Waals surface area contributed by atoms with Gasteiger partial charge in [-0.15, -0.1) is 11.3 Å². The maximum absolute atomic E-state index is 5.07. The Kier molecular flexibility index (Phi) is 3.08. The molecule has 0 atom stereocenters. The molecule has 0 fully saturated rings. The Labute approximate surface area is 91.5 Å². The largest absolute Gasteiger partial charge is 0.337 e. The van der Waals surface area contributed by atoms with Gasteiger partial charge in [0.05, 0.1) is 6.54 Å². The Bertz CT molecular complexity index is 437. The summed E-state index contributed by atoms with van der Waals surface area (Å²) < 4.78 is 5.07. The van der Waals surface area contributed by atoms with Crippen molar-refractivity contribution < 1.29 is 4.52 Å². The number of aromatic nitrogens is 3. The van der Waals surface area contributed by atoms with Gasteiger partial charge in [0.1, 0.15) is 0 Å². The van der Waals surface area contributed by atoms with Gasteiger partial charge in [0.2, 0.25) is 11.7 Å². The second-order valence-electron chi connectivity index (χ2n) is 3.09. The van der Waals surface area contributed by atoms with Gasteiger partial charge in [-0.1, -0.05) is 12.1 Å². The summed E-state index contributed by atoms with van der Waals surface area (Å²) in [5.74, 6) is 1.17. The number of rotatable bonds is 4. The Balaban J connectivity index is 2.13. The fourth-order valence-electron chi connectivity index (χ4n) is 1.10. The van der Waals surface area contributed by atoms with E-state index in [9.17, 15) is 0 Å². The lowest BCUT2D eigenvalue weighted by molar-refractivity contribution is 0.369. The molecule has 80 valence electrons. The van der Waals surface area contributed by atoms with Gasteiger partial charge < -0.3 is 9.84 Å². The molecule has 0 saturated heterocycles. The van der Waals surface area contributed by atoms with Crippen molar-refractivity contribution in [2.24, 2.45) is 0 Å². The molecule has 0 unspecified atom stereocenters. The lowest BCUT2D eigenvalue weighted by atomic mass is 10.5. The first-order chi connectivity index (χ1) is 7.29. The van der Waals surface area contributed by atoms with Crippen molar-refractivity contribution in [3.8, 4) is 10.8 Å². The van der Waals surface area contributed by atoms with E-state index in [0.29, 0.717) is 18.3 Å². The van der Waals surface area contributed by atoms with E-state index in [2.05, 4.69) is 20.4 Å². The van der Waals surface area contributed by atoms with Gasteiger partial charge >= 0.3 is 0 Å². The zero-order chi connectivity index (χ0) is 10.7. The standard InChI is InChI=1S/C9H12N4OS/c1-3-10-4-7-12-8(13-14-7)9-11-6(2)5-15-9/h5,10H,3-4H2,1-2H3. The van der Waals surface area contributed by atoms with E-state index in [1.165, 1.54) is 11.3 Å². The second-order valence-corrected chi connectivity index (χ2v) is 3.94. The highest BCUT2D eigenvalue weighted by Crippen LogP contribution is 2.20. The average molecular weight is 224 g/mol. The van der Waals surface area contributed by atoms with Crippen LogP contribution in [0.5, 0.6) is 0 Å². The molecule has 0 aromatic carbocycles. The molecule has 2 heterocycles. The lowest BCUT2D eigenvalue weighted by Crippen LogP contribution is -2.11. The first kappa shape index (κ1) is 10.3. The Hall–Kier alpha value is -1.27. The summed E-state index contributed by atoms with van der Waals surface area (Å²) in [6.07, 6.45) is 0. The summed E-state index contributed by atoms with van der Waals surface area (Å²) >= 11 is 1.52. The first-order valence-corrected chi connectivity index (χ1v) is 5.63. The molecule has 2 rings (SSSR count). The van der Waals surface area contributed by atoms with E-state index in [0.717, 1.165) is 17.2 Å². The van der Waals surface area contributed by atoms with Crippen LogP contribution in [-0.4, -0.2) is 21.7 Å². The summed E-state index contributed by atoms with van der Waals surface area (Å²) in [6.45, 7) is 5.46. The quantitative estimate of drug-likeness (QED) is 0.854. The highest BCUT2D eigenvalue weighted by molar-refractivity contribution is 7.13. The van der Waals surface area contributed by atoms with Crippen molar-refractivity contribution in [3.63, 3.8) is 0 Å². The van der Waals surface area contributed by atoms with Gasteiger partial charge in [0, 0.05) is 11.1 Å². The SMILES string of the molecule is CCNCc1nc(-c2nc(C)cs2)no1. The minimum absolute atomic E-state index is 0.570. The van der Waals surface area contributed by atoms with Crippen LogP contribution in [0, 0.1) is 6.92 Å². The lowest BCUT2D eigenvalue weighted by Gasteiger charge is -1.91. The Morgan fingerprint density at radius 3 is 3.00 bits per heavy atom. The van der Waals surface area contributed by atoms with E-state index in [1.54, 1.807) is 0 Å². The van der Waals surface area contributed by atoms with Crippen LogP contribution < -0.4 is 5.32 Å². The molecule has 0 saturated carbocycles. The summed E-state index contributed by atoms with van der Waals surface area (Å²) in [6, 6.07) is 0. The van der Waals surface area contributed by atoms with E-state index < -0.39 is 0 Å². The molecule has 0 amide bonds. The minimum atomic E-state index is 0.570. The first-order valence-electron chi connectivity index (χ1n) is 4.75. The number of hydrogen-bond acceptors (Lipinski definition) is 6. The Morgan fingerprint density at radius 2 is 2.33 bits per heavy atom. The van der Waals surface area contributed by atoms with Crippen molar-refractivity contribution in [2.45, 2.75) is 20.4 Å². The van der Waals surface area contributed by atoms with E-state index >= 15 is 0 Å². The van der Waals surface area contributed by atoms with Crippen LogP contribution in [0.3, 0.4) is 0 Å². The molecule has 5 nitrogen and oxygen atoms in total. The number of thiazole rings is 1. The monoisotopic (exact) mass is 224 g/mol. The van der Waals surface area contributed by atoms with Crippen molar-refractivity contribution in [1.82, 2.24) is 20.4 Å². The molecule has 0 aliphatic carbocycles. The normalized spacial score (nSPS) is 10.8. The smallest absolute Gasteiger partial charge is 0.240 e. The van der Waals surface area contributed by atoms with E-state index in [4.69, 9.17) is 4.52 Å². The van der Waals surface area contributed by atoms with Crippen LogP contribution in [0.4, 0.5) is 0 Å². The predicted molar refractivity (Wildman–Crippen MR) is 57.5 cm³/mol. The molecule has 2 aromatic heterocycles. The van der Waals surface area contributed by atoms with Gasteiger partial charge in [-0.2, -0.15) is 4.98 Å². The summed E-state index contributed by atoms with van der Waals surface area (Å²) in [7, 11) is 0. The number of aryl methyl sites for hydroxylation is 1. The van der Waals surface area contributed by atoms with Crippen LogP contribution in [0.2, 0.25) is 0 Å². The van der Waals surface area contributed by atoms with Crippen LogP contribution in [0.25, 0.3) is 10.8 Å². The highest BCUT2D eigenvalue weighted by atomic mass is 32.1. The third-order valence-electron chi connectivity index (χ3n) is 1.80. The molecule has 0 aliphatic heterocycles. The van der Waals surface area contributed by atoms with Crippen LogP contribution >= 0.6 is 11.3 Å². The van der Waals surface area contributed by atoms with Gasteiger partial charge in [0.25, 0.3) is 0 Å². The van der Waals surface area contributed by atoms with E-state index in [-0.39, 0.29) is 0 Å². The molecule has 0 aliphatic rings. The van der Waals surface area contributed by atoms with Gasteiger partial charge in [-0.25, -0.2) is 4.98 Å². The van der Waals surface area contributed by atoms with Crippen molar-refractivity contribution in [3.05, 3.63) is 17.0 Å². The summed E-state index contributed by atoms with van der Waals surface area (Å²) in [5.41, 5.74) is 0.980. The maximum atomic E-state index is 5.07. The molecule has 1 N–H and O–H groups in total. The number of nitrogens with one attached hydrogen (secondary N) is 1. The van der Waals surface area contributed by atoms with Crippen LogP contribution in [-0.2, 0) is 6.54 Å². The fraction of sp³-hybridized carbons (Fsp3) is 0.444. The zero-order valence-electron chi connectivity index (χ0n) is 8.65. The molecular weight excluding hydrogens is 212 g/mol. The highest BCUT2D eigenvalue weighted by Gasteiger charge is 2.10. The number of nitrogens with zero attached hydrogens (tertiary/aromatic N) is 3. The molecule has 0 bridgehead atoms. The predicted octanol–water partition coefficient (Wildman–Crippen LogP) is 1.61. The third-order valence-corrected chi connectivity index (χ3v) is 2.76. The fourth-order valence-corrected chi connectivity index (χ4v) is 1.82. The molecule has 0 radical (unpaired) electrons. The third kappa shape index (κ3) is 2.40. The van der Waals surface area contributed by atoms with E-state index in [1.807, 2.05) is 19.2 Å². The van der Waals surface area contributed by atoms with Crippen LogP contribution in [0.1, 0.15) is 18.5 Å². The van der Waals surface area contributed by atoms with Crippen molar-refractivity contribution in [2.75, 3.05) is 6.54 Å². The van der Waals surface area contributed by atoms with Crippen molar-refractivity contribution >= 4 is 11.3 Å². The van der Waals surface area contributed by atoms with Crippen molar-refractivity contribution in [1.29, 1.82) is 0 Å². The molecule has 6 heteroatoms. The topological polar surface area (TPSA) is 63.8 Å². The summed E-state index contributed by atoms with van der Waals surface area (Å²) in [4.78, 5) is 8.53. The van der Waals surface area contributed by atoms with Gasteiger partial charge in [0.15, 0.2) is 5.01 Å². The second kappa shape index (κ2) is 4.50. The number of hydrogen-bond donors (Lipinski definition) is 1. The minimum Gasteiger partial charge on any atom is -0.337 e. The van der Waals surface area contributed by atoms with Gasteiger partial charge in [-0.3, -0.25) is 0 Å². The summed E-state index contributed by atoms with van der Waals surface area (Å²) in [5, 5.41) is 9.77. The Morgan fingerprint density at radius 1 is 1.47 bits per heavy atom. The van der Waals surface area contributed by atoms with Crippen LogP contribution in [0.15, 0.2) is 9.90 Å². The molecule has 2 aromatic rings. The molecule has 0 spiro atoms.